The summed E-state index contributed by atoms with van der Waals surface area (Å²) in [5, 5.41) is 17.3. The van der Waals surface area contributed by atoms with E-state index in [9.17, 15) is 4.39 Å². The Morgan fingerprint density at radius 2 is 1.88 bits per heavy atom. The smallest absolute Gasteiger partial charge is 0.230 e. The molecule has 0 saturated heterocycles. The van der Waals surface area contributed by atoms with Crippen molar-refractivity contribution in [3.63, 3.8) is 0 Å². The molecule has 0 spiro atoms. The average Bonchev–Trinajstić information content (AvgIpc) is 2.62. The quantitative estimate of drug-likeness (QED) is 0.482. The van der Waals surface area contributed by atoms with E-state index in [0.717, 1.165) is 5.69 Å². The Labute approximate surface area is 159 Å². The van der Waals surface area contributed by atoms with Crippen LogP contribution in [0.4, 0.5) is 15.9 Å². The summed E-state index contributed by atoms with van der Waals surface area (Å²) in [5.74, 6) is 0.188. The lowest BCUT2D eigenvalue weighted by Crippen LogP contribution is -2.33. The lowest BCUT2D eigenvalue weighted by atomic mass is 10.1. The van der Waals surface area contributed by atoms with Gasteiger partial charge in [0.15, 0.2) is 0 Å². The molecule has 0 bridgehead atoms. The van der Waals surface area contributed by atoms with Gasteiger partial charge in [0.25, 0.3) is 0 Å². The van der Waals surface area contributed by atoms with Crippen LogP contribution >= 0.6 is 15.9 Å². The third-order valence-corrected chi connectivity index (χ3v) is 4.80. The summed E-state index contributed by atoms with van der Waals surface area (Å²) < 4.78 is 16.0. The second-order valence-corrected chi connectivity index (χ2v) is 7.17. The van der Waals surface area contributed by atoms with Gasteiger partial charge in [0, 0.05) is 24.0 Å². The van der Waals surface area contributed by atoms with Crippen LogP contribution in [0.25, 0.3) is 10.9 Å². The number of fused-ring (bicyclic) bond motifs is 1. The Kier molecular flexibility index (Phi) is 4.91. The first-order valence-electron chi connectivity index (χ1n) is 8.15. The SMILES string of the molecule is CC(C)C(=N)n1c(=N)nc(N(C)c2ccccc2)c2cc(F)c(Br)cc21. The van der Waals surface area contributed by atoms with Crippen LogP contribution in [0.15, 0.2) is 46.9 Å². The summed E-state index contributed by atoms with van der Waals surface area (Å²) in [6, 6.07) is 12.6. The van der Waals surface area contributed by atoms with Crippen molar-refractivity contribution in [2.75, 3.05) is 11.9 Å². The third-order valence-electron chi connectivity index (χ3n) is 4.19. The first kappa shape index (κ1) is 18.3. The van der Waals surface area contributed by atoms with Gasteiger partial charge in [-0.05, 0) is 40.2 Å². The molecule has 26 heavy (non-hydrogen) atoms. The fourth-order valence-corrected chi connectivity index (χ4v) is 3.09. The van der Waals surface area contributed by atoms with Crippen molar-refractivity contribution in [2.24, 2.45) is 5.92 Å². The number of rotatable bonds is 3. The molecule has 0 atom stereocenters. The minimum Gasteiger partial charge on any atom is -0.329 e. The predicted molar refractivity (Wildman–Crippen MR) is 106 cm³/mol. The maximum Gasteiger partial charge on any atom is 0.230 e. The van der Waals surface area contributed by atoms with Crippen molar-refractivity contribution in [1.29, 1.82) is 10.8 Å². The monoisotopic (exact) mass is 415 g/mol. The molecule has 0 aliphatic rings. The fourth-order valence-electron chi connectivity index (χ4n) is 2.76. The van der Waals surface area contributed by atoms with Gasteiger partial charge in [0.1, 0.15) is 17.5 Å². The molecule has 1 aromatic heterocycles. The van der Waals surface area contributed by atoms with Gasteiger partial charge in [-0.3, -0.25) is 15.4 Å². The lowest BCUT2D eigenvalue weighted by molar-refractivity contribution is 0.622. The highest BCUT2D eigenvalue weighted by molar-refractivity contribution is 9.10. The Morgan fingerprint density at radius 3 is 2.50 bits per heavy atom. The zero-order valence-electron chi connectivity index (χ0n) is 14.7. The van der Waals surface area contributed by atoms with Crippen molar-refractivity contribution in [3.8, 4) is 0 Å². The molecule has 5 nitrogen and oxygen atoms in total. The normalized spacial score (nSPS) is 11.2. The maximum atomic E-state index is 14.3. The van der Waals surface area contributed by atoms with E-state index in [1.807, 2.05) is 56.1 Å². The van der Waals surface area contributed by atoms with Gasteiger partial charge >= 0.3 is 0 Å². The number of hydrogen-bond acceptors (Lipinski definition) is 4. The van der Waals surface area contributed by atoms with E-state index < -0.39 is 5.82 Å². The number of aromatic nitrogens is 2. The molecular formula is C19H19BrFN5. The first-order valence-corrected chi connectivity index (χ1v) is 8.94. The number of halogens is 2. The van der Waals surface area contributed by atoms with E-state index >= 15 is 0 Å². The second-order valence-electron chi connectivity index (χ2n) is 6.31. The van der Waals surface area contributed by atoms with E-state index in [0.29, 0.717) is 16.7 Å². The van der Waals surface area contributed by atoms with Crippen LogP contribution in [0.2, 0.25) is 0 Å². The lowest BCUT2D eigenvalue weighted by Gasteiger charge is -2.23. The van der Waals surface area contributed by atoms with Gasteiger partial charge in [0.2, 0.25) is 5.62 Å². The van der Waals surface area contributed by atoms with Crippen molar-refractivity contribution in [2.45, 2.75) is 13.8 Å². The van der Waals surface area contributed by atoms with Crippen LogP contribution in [0.3, 0.4) is 0 Å². The van der Waals surface area contributed by atoms with Crippen LogP contribution in [-0.4, -0.2) is 22.4 Å². The topological polar surface area (TPSA) is 68.8 Å². The van der Waals surface area contributed by atoms with Crippen molar-refractivity contribution >= 4 is 44.2 Å². The standard InChI is InChI=1S/C19H19BrFN5/c1-11(2)17(22)26-16-10-14(20)15(21)9-13(16)18(24-19(26)23)25(3)12-7-5-4-6-8-12/h4-11,22-23H,1-3H3. The highest BCUT2D eigenvalue weighted by Gasteiger charge is 2.19. The molecule has 134 valence electrons. The molecule has 0 aliphatic heterocycles. The average molecular weight is 416 g/mol. The third kappa shape index (κ3) is 3.14. The Bertz CT molecular complexity index is 1040. The summed E-state index contributed by atoms with van der Waals surface area (Å²) in [7, 11) is 1.83. The number of para-hydroxylation sites is 1. The molecular weight excluding hydrogens is 397 g/mol. The molecule has 1 heterocycles. The molecule has 3 aromatic rings. The number of anilines is 2. The van der Waals surface area contributed by atoms with E-state index in [4.69, 9.17) is 10.8 Å². The highest BCUT2D eigenvalue weighted by Crippen LogP contribution is 2.31. The van der Waals surface area contributed by atoms with Gasteiger partial charge < -0.3 is 4.90 Å². The summed E-state index contributed by atoms with van der Waals surface area (Å²) in [4.78, 5) is 6.20. The zero-order valence-corrected chi connectivity index (χ0v) is 16.3. The van der Waals surface area contributed by atoms with E-state index in [2.05, 4.69) is 20.9 Å². The molecule has 2 aromatic carbocycles. The molecule has 2 N–H and O–H groups in total. The second kappa shape index (κ2) is 6.99. The Hall–Kier alpha value is -2.54. The van der Waals surface area contributed by atoms with Crippen LogP contribution in [0, 0.1) is 22.6 Å². The highest BCUT2D eigenvalue weighted by atomic mass is 79.9. The molecule has 3 rings (SSSR count). The Balaban J connectivity index is 2.36. The van der Waals surface area contributed by atoms with Crippen molar-refractivity contribution in [3.05, 3.63) is 58.4 Å². The summed E-state index contributed by atoms with van der Waals surface area (Å²) in [6.45, 7) is 3.76. The number of hydrogen-bond donors (Lipinski definition) is 2. The van der Waals surface area contributed by atoms with E-state index in [-0.39, 0.29) is 21.8 Å². The van der Waals surface area contributed by atoms with Crippen LogP contribution in [0.1, 0.15) is 13.8 Å². The van der Waals surface area contributed by atoms with Crippen LogP contribution < -0.4 is 10.5 Å². The van der Waals surface area contributed by atoms with Crippen LogP contribution in [-0.2, 0) is 0 Å². The maximum absolute atomic E-state index is 14.3. The van der Waals surface area contributed by atoms with Gasteiger partial charge in [-0.15, -0.1) is 0 Å². The van der Waals surface area contributed by atoms with Gasteiger partial charge in [-0.25, -0.2) is 4.39 Å². The first-order chi connectivity index (χ1) is 12.3. The van der Waals surface area contributed by atoms with Gasteiger partial charge in [-0.2, -0.15) is 4.98 Å². The minimum atomic E-state index is -0.414. The molecule has 0 fully saturated rings. The summed E-state index contributed by atoms with van der Waals surface area (Å²) in [5.41, 5.74) is 1.38. The van der Waals surface area contributed by atoms with E-state index in [1.54, 1.807) is 6.07 Å². The van der Waals surface area contributed by atoms with Crippen molar-refractivity contribution < 1.29 is 4.39 Å². The van der Waals surface area contributed by atoms with Crippen LogP contribution in [0.5, 0.6) is 0 Å². The molecule has 7 heteroatoms. The molecule has 0 radical (unpaired) electrons. The van der Waals surface area contributed by atoms with Gasteiger partial charge in [-0.1, -0.05) is 32.0 Å². The van der Waals surface area contributed by atoms with Crippen molar-refractivity contribution in [1.82, 2.24) is 9.55 Å². The minimum absolute atomic E-state index is 0.0625. The fraction of sp³-hybridized carbons (Fsp3) is 0.211. The number of benzene rings is 2. The summed E-state index contributed by atoms with van der Waals surface area (Å²) in [6.07, 6.45) is 0. The summed E-state index contributed by atoms with van der Waals surface area (Å²) >= 11 is 3.21. The molecule has 0 aliphatic carbocycles. The largest absolute Gasteiger partial charge is 0.329 e. The number of nitrogens with one attached hydrogen (secondary N) is 2. The molecule has 0 unspecified atom stereocenters. The predicted octanol–water partition coefficient (Wildman–Crippen LogP) is 4.67. The molecule has 0 saturated carbocycles. The van der Waals surface area contributed by atoms with E-state index in [1.165, 1.54) is 10.6 Å². The number of nitrogens with zero attached hydrogens (tertiary/aromatic N) is 3. The van der Waals surface area contributed by atoms with Gasteiger partial charge in [0.05, 0.1) is 9.99 Å². The zero-order chi connectivity index (χ0) is 19.0. The molecule has 0 amide bonds. The Morgan fingerprint density at radius 1 is 1.23 bits per heavy atom.